The standard InChI is InChI=1S/C10H15NO2S/c12-9(10-6-11-7-14-10)5-8-1-3-13-4-2-8/h6-9,12H,1-5H2. The van der Waals surface area contributed by atoms with Gasteiger partial charge in [-0.2, -0.15) is 0 Å². The first kappa shape index (κ1) is 10.1. The van der Waals surface area contributed by atoms with Gasteiger partial charge in [0.1, 0.15) is 0 Å². The van der Waals surface area contributed by atoms with Gasteiger partial charge in [0.2, 0.25) is 0 Å². The molecule has 3 nitrogen and oxygen atoms in total. The number of nitrogens with zero attached hydrogens (tertiary/aromatic N) is 1. The fraction of sp³-hybridized carbons (Fsp3) is 0.700. The largest absolute Gasteiger partial charge is 0.388 e. The SMILES string of the molecule is OC(CC1CCOCC1)c1cncs1. The Morgan fingerprint density at radius 1 is 1.57 bits per heavy atom. The minimum Gasteiger partial charge on any atom is -0.388 e. The summed E-state index contributed by atoms with van der Waals surface area (Å²) in [5, 5.41) is 9.89. The molecule has 2 heterocycles. The van der Waals surface area contributed by atoms with Gasteiger partial charge < -0.3 is 9.84 Å². The van der Waals surface area contributed by atoms with Gasteiger partial charge in [-0.25, -0.2) is 0 Å². The molecule has 1 fully saturated rings. The lowest BCUT2D eigenvalue weighted by Crippen LogP contribution is -2.17. The third-order valence-electron chi connectivity index (χ3n) is 2.68. The second-order valence-electron chi connectivity index (χ2n) is 3.71. The van der Waals surface area contributed by atoms with E-state index in [1.165, 1.54) is 11.3 Å². The normalized spacial score (nSPS) is 20.9. The highest BCUT2D eigenvalue weighted by Crippen LogP contribution is 2.28. The molecule has 0 radical (unpaired) electrons. The molecule has 1 aliphatic rings. The monoisotopic (exact) mass is 213 g/mol. The van der Waals surface area contributed by atoms with Gasteiger partial charge in [0, 0.05) is 19.4 Å². The maximum absolute atomic E-state index is 9.89. The lowest BCUT2D eigenvalue weighted by atomic mass is 9.93. The van der Waals surface area contributed by atoms with Crippen molar-refractivity contribution in [1.82, 2.24) is 4.98 Å². The first-order valence-corrected chi connectivity index (χ1v) is 5.88. The Morgan fingerprint density at radius 3 is 3.00 bits per heavy atom. The summed E-state index contributed by atoms with van der Waals surface area (Å²) in [6, 6.07) is 0. The number of ether oxygens (including phenoxy) is 1. The molecule has 0 aliphatic carbocycles. The van der Waals surface area contributed by atoms with Crippen molar-refractivity contribution < 1.29 is 9.84 Å². The van der Waals surface area contributed by atoms with Crippen molar-refractivity contribution in [3.05, 3.63) is 16.6 Å². The van der Waals surface area contributed by atoms with E-state index in [-0.39, 0.29) is 6.10 Å². The van der Waals surface area contributed by atoms with Crippen molar-refractivity contribution in [2.24, 2.45) is 5.92 Å². The summed E-state index contributed by atoms with van der Waals surface area (Å²) in [5.41, 5.74) is 1.77. The Bertz CT molecular complexity index is 257. The molecule has 1 N–H and O–H groups in total. The van der Waals surface area contributed by atoms with Gasteiger partial charge in [0.05, 0.1) is 16.5 Å². The number of aromatic nitrogens is 1. The van der Waals surface area contributed by atoms with Crippen LogP contribution in [0, 0.1) is 5.92 Å². The number of aliphatic hydroxyl groups is 1. The number of rotatable bonds is 3. The van der Waals surface area contributed by atoms with E-state index in [0.717, 1.165) is 37.4 Å². The molecule has 0 saturated carbocycles. The molecule has 4 heteroatoms. The van der Waals surface area contributed by atoms with E-state index in [2.05, 4.69) is 4.98 Å². The molecule has 0 spiro atoms. The zero-order valence-corrected chi connectivity index (χ0v) is 8.87. The lowest BCUT2D eigenvalue weighted by molar-refractivity contribution is 0.0441. The number of aliphatic hydroxyl groups excluding tert-OH is 1. The summed E-state index contributed by atoms with van der Waals surface area (Å²) in [6.07, 6.45) is 4.44. The summed E-state index contributed by atoms with van der Waals surface area (Å²) in [6.45, 7) is 1.69. The summed E-state index contributed by atoms with van der Waals surface area (Å²) >= 11 is 1.53. The van der Waals surface area contributed by atoms with E-state index < -0.39 is 0 Å². The first-order chi connectivity index (χ1) is 6.86. The summed E-state index contributed by atoms with van der Waals surface area (Å²) in [5.74, 6) is 0.612. The second kappa shape index (κ2) is 4.87. The highest BCUT2D eigenvalue weighted by atomic mass is 32.1. The highest BCUT2D eigenvalue weighted by Gasteiger charge is 2.19. The average molecular weight is 213 g/mol. The second-order valence-corrected chi connectivity index (χ2v) is 4.63. The molecule has 0 bridgehead atoms. The van der Waals surface area contributed by atoms with Crippen LogP contribution in [0.2, 0.25) is 0 Å². The van der Waals surface area contributed by atoms with Gasteiger partial charge in [-0.05, 0) is 25.2 Å². The third-order valence-corrected chi connectivity index (χ3v) is 3.55. The first-order valence-electron chi connectivity index (χ1n) is 5.00. The predicted molar refractivity (Wildman–Crippen MR) is 55.2 cm³/mol. The molecular weight excluding hydrogens is 198 g/mol. The van der Waals surface area contributed by atoms with E-state index in [4.69, 9.17) is 4.74 Å². The number of thiazole rings is 1. The van der Waals surface area contributed by atoms with Crippen LogP contribution in [0.5, 0.6) is 0 Å². The van der Waals surface area contributed by atoms with Gasteiger partial charge >= 0.3 is 0 Å². The van der Waals surface area contributed by atoms with E-state index in [1.54, 1.807) is 11.7 Å². The molecule has 0 amide bonds. The Labute approximate surface area is 87.7 Å². The van der Waals surface area contributed by atoms with Crippen molar-refractivity contribution >= 4 is 11.3 Å². The molecule has 1 aromatic heterocycles. The topological polar surface area (TPSA) is 42.4 Å². The quantitative estimate of drug-likeness (QED) is 0.835. The van der Waals surface area contributed by atoms with Crippen molar-refractivity contribution in [3.63, 3.8) is 0 Å². The lowest BCUT2D eigenvalue weighted by Gasteiger charge is -2.23. The van der Waals surface area contributed by atoms with E-state index in [1.807, 2.05) is 0 Å². The number of hydrogen-bond donors (Lipinski definition) is 1. The summed E-state index contributed by atoms with van der Waals surface area (Å²) < 4.78 is 5.28. The molecule has 1 aliphatic heterocycles. The highest BCUT2D eigenvalue weighted by molar-refractivity contribution is 7.09. The van der Waals surface area contributed by atoms with Crippen molar-refractivity contribution in [2.45, 2.75) is 25.4 Å². The summed E-state index contributed by atoms with van der Waals surface area (Å²) in [7, 11) is 0. The molecule has 1 saturated heterocycles. The van der Waals surface area contributed by atoms with E-state index >= 15 is 0 Å². The molecule has 1 aromatic rings. The Hall–Kier alpha value is -0.450. The van der Waals surface area contributed by atoms with Crippen LogP contribution in [0.15, 0.2) is 11.7 Å². The van der Waals surface area contributed by atoms with Crippen molar-refractivity contribution in [1.29, 1.82) is 0 Å². The minimum atomic E-state index is -0.328. The molecule has 78 valence electrons. The van der Waals surface area contributed by atoms with Gasteiger partial charge in [-0.1, -0.05) is 0 Å². The molecule has 2 rings (SSSR count). The Balaban J connectivity index is 1.84. The molecule has 0 aromatic carbocycles. The smallest absolute Gasteiger partial charge is 0.0900 e. The fourth-order valence-electron chi connectivity index (χ4n) is 1.80. The van der Waals surface area contributed by atoms with E-state index in [9.17, 15) is 5.11 Å². The molecule has 14 heavy (non-hydrogen) atoms. The van der Waals surface area contributed by atoms with Crippen LogP contribution >= 0.6 is 11.3 Å². The van der Waals surface area contributed by atoms with Crippen LogP contribution in [0.25, 0.3) is 0 Å². The Morgan fingerprint density at radius 2 is 2.36 bits per heavy atom. The van der Waals surface area contributed by atoms with Crippen molar-refractivity contribution in [2.75, 3.05) is 13.2 Å². The maximum Gasteiger partial charge on any atom is 0.0900 e. The third kappa shape index (κ3) is 2.53. The van der Waals surface area contributed by atoms with Crippen LogP contribution in [-0.2, 0) is 4.74 Å². The zero-order chi connectivity index (χ0) is 9.80. The van der Waals surface area contributed by atoms with Crippen LogP contribution in [0.3, 0.4) is 0 Å². The Kier molecular flexibility index (Phi) is 3.50. The predicted octanol–water partition coefficient (Wildman–Crippen LogP) is 1.99. The van der Waals surface area contributed by atoms with E-state index in [0.29, 0.717) is 5.92 Å². The zero-order valence-electron chi connectivity index (χ0n) is 8.06. The van der Waals surface area contributed by atoms with Gasteiger partial charge in [-0.3, -0.25) is 4.98 Å². The van der Waals surface area contributed by atoms with Crippen LogP contribution in [-0.4, -0.2) is 23.3 Å². The molecular formula is C10H15NO2S. The van der Waals surface area contributed by atoms with Gasteiger partial charge in [0.25, 0.3) is 0 Å². The number of hydrogen-bond acceptors (Lipinski definition) is 4. The summed E-state index contributed by atoms with van der Waals surface area (Å²) in [4.78, 5) is 4.95. The van der Waals surface area contributed by atoms with Crippen molar-refractivity contribution in [3.8, 4) is 0 Å². The fourth-order valence-corrected chi connectivity index (χ4v) is 2.42. The maximum atomic E-state index is 9.89. The van der Waals surface area contributed by atoms with Crippen LogP contribution in [0.4, 0.5) is 0 Å². The van der Waals surface area contributed by atoms with Crippen LogP contribution in [0.1, 0.15) is 30.2 Å². The molecule has 1 unspecified atom stereocenters. The van der Waals surface area contributed by atoms with Crippen LogP contribution < -0.4 is 0 Å². The molecule has 1 atom stereocenters. The average Bonchev–Trinajstić information content (AvgIpc) is 2.72. The minimum absolute atomic E-state index is 0.328. The van der Waals surface area contributed by atoms with Gasteiger partial charge in [-0.15, -0.1) is 11.3 Å². The van der Waals surface area contributed by atoms with Gasteiger partial charge in [0.15, 0.2) is 0 Å².